The van der Waals surface area contributed by atoms with Crippen LogP contribution < -0.4 is 5.32 Å². The molecule has 2 aromatic rings. The van der Waals surface area contributed by atoms with Gasteiger partial charge in [0.1, 0.15) is 6.10 Å². The van der Waals surface area contributed by atoms with Gasteiger partial charge in [0.05, 0.1) is 0 Å². The van der Waals surface area contributed by atoms with Gasteiger partial charge in [0.2, 0.25) is 5.89 Å². The standard InChI is InChI=1S/C18H24ClN5O4/c1-10-8-23(4-5-24(10)18(26)27)9-13-6-14(19)7-15(11(13)2)20-17-22-21-16(28-17)12(3)25/h6-7,10,12,25H,4-5,8-9H2,1-3H3,(H,20,22)(H,26,27)/t10-,12-/m0/s1. The zero-order chi connectivity index (χ0) is 20.4. The van der Waals surface area contributed by atoms with Gasteiger partial charge >= 0.3 is 12.1 Å². The van der Waals surface area contributed by atoms with Crippen LogP contribution in [0.5, 0.6) is 0 Å². The number of nitrogens with zero attached hydrogens (tertiary/aromatic N) is 4. The second-order valence-corrected chi connectivity index (χ2v) is 7.48. The van der Waals surface area contributed by atoms with Crippen LogP contribution in [0.1, 0.15) is 37.0 Å². The van der Waals surface area contributed by atoms with Gasteiger partial charge in [0.25, 0.3) is 0 Å². The summed E-state index contributed by atoms with van der Waals surface area (Å²) in [5.41, 5.74) is 2.75. The first-order valence-corrected chi connectivity index (χ1v) is 9.41. The molecule has 0 aliphatic carbocycles. The number of amides is 1. The van der Waals surface area contributed by atoms with Gasteiger partial charge in [-0.15, -0.1) is 5.10 Å². The average Bonchev–Trinajstić information content (AvgIpc) is 3.07. The van der Waals surface area contributed by atoms with E-state index >= 15 is 0 Å². The number of carbonyl (C=O) groups is 1. The Bertz CT molecular complexity index is 856. The number of aliphatic hydroxyl groups is 1. The molecule has 1 fully saturated rings. The minimum Gasteiger partial charge on any atom is -0.465 e. The van der Waals surface area contributed by atoms with Gasteiger partial charge in [-0.1, -0.05) is 16.7 Å². The molecule has 2 atom stereocenters. The highest BCUT2D eigenvalue weighted by Gasteiger charge is 2.27. The van der Waals surface area contributed by atoms with Crippen molar-refractivity contribution in [3.8, 4) is 0 Å². The van der Waals surface area contributed by atoms with Crippen LogP contribution >= 0.6 is 11.6 Å². The molecular formula is C18H24ClN5O4. The number of halogens is 1. The first-order chi connectivity index (χ1) is 13.2. The number of rotatable bonds is 5. The van der Waals surface area contributed by atoms with E-state index in [2.05, 4.69) is 20.4 Å². The van der Waals surface area contributed by atoms with Crippen molar-refractivity contribution >= 4 is 29.4 Å². The normalized spacial score (nSPS) is 18.9. The Morgan fingerprint density at radius 2 is 2.18 bits per heavy atom. The highest BCUT2D eigenvalue weighted by atomic mass is 35.5. The Kier molecular flexibility index (Phi) is 6.07. The molecule has 9 nitrogen and oxygen atoms in total. The van der Waals surface area contributed by atoms with Crippen molar-refractivity contribution < 1.29 is 19.4 Å². The smallest absolute Gasteiger partial charge is 0.407 e. The lowest BCUT2D eigenvalue weighted by Gasteiger charge is -2.38. The molecule has 1 aliphatic heterocycles. The Balaban J connectivity index is 1.74. The number of benzene rings is 1. The molecule has 10 heteroatoms. The molecule has 3 rings (SSSR count). The molecule has 0 spiro atoms. The summed E-state index contributed by atoms with van der Waals surface area (Å²) in [6.45, 7) is 7.87. The van der Waals surface area contributed by atoms with Crippen LogP contribution in [0.25, 0.3) is 0 Å². The molecule has 1 saturated heterocycles. The fraction of sp³-hybridized carbons (Fsp3) is 0.500. The van der Waals surface area contributed by atoms with Crippen LogP contribution in [-0.4, -0.2) is 62.0 Å². The Morgan fingerprint density at radius 1 is 1.43 bits per heavy atom. The molecule has 0 saturated carbocycles. The second-order valence-electron chi connectivity index (χ2n) is 7.04. The maximum absolute atomic E-state index is 11.2. The van der Waals surface area contributed by atoms with E-state index in [1.807, 2.05) is 19.9 Å². The van der Waals surface area contributed by atoms with Crippen LogP contribution in [0, 0.1) is 6.92 Å². The Hall–Kier alpha value is -2.36. The monoisotopic (exact) mass is 409 g/mol. The number of anilines is 2. The van der Waals surface area contributed by atoms with Gasteiger partial charge in [-0.25, -0.2) is 4.79 Å². The number of hydrogen-bond acceptors (Lipinski definition) is 7. The summed E-state index contributed by atoms with van der Waals surface area (Å²) in [6, 6.07) is 3.79. The third-order valence-corrected chi connectivity index (χ3v) is 5.09. The largest absolute Gasteiger partial charge is 0.465 e. The SMILES string of the molecule is Cc1c(CN2CCN(C(=O)O)[C@@H](C)C2)cc(Cl)cc1Nc1nnc([C@H](C)O)o1. The van der Waals surface area contributed by atoms with E-state index in [0.717, 1.165) is 16.8 Å². The van der Waals surface area contributed by atoms with E-state index in [1.165, 1.54) is 4.90 Å². The van der Waals surface area contributed by atoms with Crippen molar-refractivity contribution in [2.45, 2.75) is 39.5 Å². The zero-order valence-corrected chi connectivity index (χ0v) is 16.8. The van der Waals surface area contributed by atoms with Crippen molar-refractivity contribution in [3.05, 3.63) is 34.2 Å². The summed E-state index contributed by atoms with van der Waals surface area (Å²) in [7, 11) is 0. The lowest BCUT2D eigenvalue weighted by atomic mass is 10.0. The molecular weight excluding hydrogens is 386 g/mol. The fourth-order valence-corrected chi connectivity index (χ4v) is 3.54. The van der Waals surface area contributed by atoms with Crippen molar-refractivity contribution in [2.24, 2.45) is 0 Å². The third-order valence-electron chi connectivity index (χ3n) is 4.87. The second kappa shape index (κ2) is 8.34. The molecule has 28 heavy (non-hydrogen) atoms. The van der Waals surface area contributed by atoms with E-state index in [1.54, 1.807) is 13.0 Å². The van der Waals surface area contributed by atoms with Crippen molar-refractivity contribution in [1.82, 2.24) is 20.0 Å². The Morgan fingerprint density at radius 3 is 2.79 bits per heavy atom. The summed E-state index contributed by atoms with van der Waals surface area (Å²) < 4.78 is 5.38. The van der Waals surface area contributed by atoms with Crippen LogP contribution in [0.2, 0.25) is 5.02 Å². The molecule has 1 amide bonds. The predicted octanol–water partition coefficient (Wildman–Crippen LogP) is 3.01. The molecule has 0 unspecified atom stereocenters. The number of nitrogens with one attached hydrogen (secondary N) is 1. The highest BCUT2D eigenvalue weighted by molar-refractivity contribution is 6.31. The van der Waals surface area contributed by atoms with E-state index in [-0.39, 0.29) is 17.9 Å². The van der Waals surface area contributed by atoms with E-state index in [9.17, 15) is 15.0 Å². The maximum atomic E-state index is 11.2. The van der Waals surface area contributed by atoms with Gasteiger partial charge in [0.15, 0.2) is 0 Å². The van der Waals surface area contributed by atoms with Crippen LogP contribution in [0.3, 0.4) is 0 Å². The van der Waals surface area contributed by atoms with Crippen molar-refractivity contribution in [3.63, 3.8) is 0 Å². The molecule has 152 valence electrons. The molecule has 1 aromatic carbocycles. The molecule has 3 N–H and O–H groups in total. The lowest BCUT2D eigenvalue weighted by molar-refractivity contribution is 0.0710. The number of aromatic nitrogens is 2. The van der Waals surface area contributed by atoms with Crippen LogP contribution in [0.4, 0.5) is 16.5 Å². The summed E-state index contributed by atoms with van der Waals surface area (Å²) in [5.74, 6) is 0.132. The summed E-state index contributed by atoms with van der Waals surface area (Å²) in [6.07, 6.45) is -1.72. The van der Waals surface area contributed by atoms with Gasteiger partial charge in [0, 0.05) is 42.9 Å². The van der Waals surface area contributed by atoms with Gasteiger partial charge in [-0.3, -0.25) is 4.90 Å². The van der Waals surface area contributed by atoms with Crippen LogP contribution in [-0.2, 0) is 6.54 Å². The topological polar surface area (TPSA) is 115 Å². The van der Waals surface area contributed by atoms with Crippen molar-refractivity contribution in [1.29, 1.82) is 0 Å². The number of piperazine rings is 1. The van der Waals surface area contributed by atoms with E-state index in [0.29, 0.717) is 31.2 Å². The molecule has 2 heterocycles. The zero-order valence-electron chi connectivity index (χ0n) is 16.0. The number of carboxylic acid groups (broad SMARTS) is 1. The first-order valence-electron chi connectivity index (χ1n) is 9.04. The predicted molar refractivity (Wildman–Crippen MR) is 104 cm³/mol. The highest BCUT2D eigenvalue weighted by Crippen LogP contribution is 2.29. The molecule has 1 aromatic heterocycles. The maximum Gasteiger partial charge on any atom is 0.407 e. The fourth-order valence-electron chi connectivity index (χ4n) is 3.30. The van der Waals surface area contributed by atoms with E-state index in [4.69, 9.17) is 16.0 Å². The van der Waals surface area contributed by atoms with Gasteiger partial charge in [-0.2, -0.15) is 0 Å². The first kappa shape index (κ1) is 20.4. The summed E-state index contributed by atoms with van der Waals surface area (Å²) in [5, 5.41) is 30.0. The van der Waals surface area contributed by atoms with Gasteiger partial charge in [-0.05, 0) is 44.0 Å². The Labute approximate surface area is 167 Å². The molecule has 1 aliphatic rings. The third kappa shape index (κ3) is 4.54. The molecule has 0 radical (unpaired) electrons. The average molecular weight is 410 g/mol. The number of hydrogen-bond donors (Lipinski definition) is 3. The lowest BCUT2D eigenvalue weighted by Crippen LogP contribution is -2.53. The summed E-state index contributed by atoms with van der Waals surface area (Å²) in [4.78, 5) is 14.9. The quantitative estimate of drug-likeness (QED) is 0.690. The van der Waals surface area contributed by atoms with E-state index < -0.39 is 12.2 Å². The minimum atomic E-state index is -0.881. The molecule has 0 bridgehead atoms. The number of aliphatic hydroxyl groups excluding tert-OH is 1. The summed E-state index contributed by atoms with van der Waals surface area (Å²) >= 11 is 6.30. The minimum absolute atomic E-state index is 0.0689. The van der Waals surface area contributed by atoms with Gasteiger partial charge < -0.3 is 24.8 Å². The van der Waals surface area contributed by atoms with Crippen molar-refractivity contribution in [2.75, 3.05) is 25.0 Å². The van der Waals surface area contributed by atoms with Crippen LogP contribution in [0.15, 0.2) is 16.5 Å².